The van der Waals surface area contributed by atoms with Gasteiger partial charge < -0.3 is 14.1 Å². The van der Waals surface area contributed by atoms with Crippen LogP contribution in [0.2, 0.25) is 5.02 Å². The molecule has 2 fully saturated rings. The number of hydrogen-bond donors (Lipinski definition) is 0. The van der Waals surface area contributed by atoms with Crippen LogP contribution in [0.25, 0.3) is 17.4 Å². The minimum Gasteiger partial charge on any atom is -0.495 e. The summed E-state index contributed by atoms with van der Waals surface area (Å²) in [6, 6.07) is 8.75. The second kappa shape index (κ2) is 9.20. The van der Waals surface area contributed by atoms with Crippen molar-refractivity contribution in [2.24, 2.45) is 0 Å². The standard InChI is InChI=1S/C22H21ClN2O5S/c1-29-18-7-5-14(11-16(18)23)17-8-6-15(30-17)12-19-21(27)25(22(28)31-19)13-20(26)24-9-3-2-4-10-24/h5-8,11-12H,2-4,9-10,13H2,1H3/b19-12-. The highest BCUT2D eigenvalue weighted by Crippen LogP contribution is 2.35. The molecule has 0 bridgehead atoms. The molecule has 2 aliphatic heterocycles. The number of rotatable bonds is 5. The number of halogens is 1. The van der Waals surface area contributed by atoms with Crippen LogP contribution in [0, 0.1) is 0 Å². The first kappa shape index (κ1) is 21.5. The normalized spacial score (nSPS) is 18.2. The van der Waals surface area contributed by atoms with Gasteiger partial charge in [-0.2, -0.15) is 0 Å². The summed E-state index contributed by atoms with van der Waals surface area (Å²) in [5, 5.41) is 0.00719. The molecule has 31 heavy (non-hydrogen) atoms. The number of ether oxygens (including phenoxy) is 1. The monoisotopic (exact) mass is 460 g/mol. The van der Waals surface area contributed by atoms with Crippen LogP contribution in [0.15, 0.2) is 39.7 Å². The molecule has 0 saturated carbocycles. The maximum absolute atomic E-state index is 12.7. The second-order valence-corrected chi connectivity index (χ2v) is 8.66. The van der Waals surface area contributed by atoms with Crippen molar-refractivity contribution in [2.45, 2.75) is 19.3 Å². The lowest BCUT2D eigenvalue weighted by molar-refractivity contribution is -0.136. The molecule has 1 aromatic carbocycles. The molecule has 9 heteroatoms. The molecule has 2 aromatic rings. The van der Waals surface area contributed by atoms with Crippen molar-refractivity contribution in [1.82, 2.24) is 9.80 Å². The number of piperidine rings is 1. The van der Waals surface area contributed by atoms with Crippen LogP contribution in [-0.4, -0.2) is 53.6 Å². The highest BCUT2D eigenvalue weighted by atomic mass is 35.5. The summed E-state index contributed by atoms with van der Waals surface area (Å²) in [4.78, 5) is 40.4. The number of nitrogens with zero attached hydrogens (tertiary/aromatic N) is 2. The van der Waals surface area contributed by atoms with E-state index in [-0.39, 0.29) is 17.4 Å². The molecule has 0 atom stereocenters. The van der Waals surface area contributed by atoms with E-state index in [4.69, 9.17) is 20.8 Å². The zero-order chi connectivity index (χ0) is 22.0. The number of carbonyl (C=O) groups is 3. The van der Waals surface area contributed by atoms with Crippen molar-refractivity contribution >= 4 is 46.5 Å². The summed E-state index contributed by atoms with van der Waals surface area (Å²) in [5.74, 6) is 0.876. The number of hydrogen-bond acceptors (Lipinski definition) is 6. The summed E-state index contributed by atoms with van der Waals surface area (Å²) in [6.07, 6.45) is 4.52. The molecule has 162 valence electrons. The van der Waals surface area contributed by atoms with Gasteiger partial charge in [0.25, 0.3) is 11.1 Å². The van der Waals surface area contributed by atoms with E-state index in [9.17, 15) is 14.4 Å². The topological polar surface area (TPSA) is 80.1 Å². The van der Waals surface area contributed by atoms with Crippen LogP contribution in [0.4, 0.5) is 4.79 Å². The fraction of sp³-hybridized carbons (Fsp3) is 0.318. The Morgan fingerprint density at radius 1 is 1.19 bits per heavy atom. The Morgan fingerprint density at radius 2 is 1.97 bits per heavy atom. The van der Waals surface area contributed by atoms with Crippen LogP contribution in [0.5, 0.6) is 5.75 Å². The number of benzene rings is 1. The first-order valence-electron chi connectivity index (χ1n) is 9.93. The first-order valence-corrected chi connectivity index (χ1v) is 11.1. The van der Waals surface area contributed by atoms with E-state index in [1.54, 1.807) is 36.3 Å². The van der Waals surface area contributed by atoms with E-state index in [1.807, 2.05) is 6.07 Å². The molecule has 0 radical (unpaired) electrons. The molecule has 2 aliphatic rings. The molecular formula is C22H21ClN2O5S. The fourth-order valence-corrected chi connectivity index (χ4v) is 4.63. The molecule has 1 aromatic heterocycles. The highest BCUT2D eigenvalue weighted by Gasteiger charge is 2.37. The number of methoxy groups -OCH3 is 1. The quantitative estimate of drug-likeness (QED) is 0.604. The SMILES string of the molecule is COc1ccc(-c2ccc(/C=C3\SC(=O)N(CC(=O)N4CCCCC4)C3=O)o2)cc1Cl. The number of amides is 3. The number of thioether (sulfide) groups is 1. The maximum atomic E-state index is 12.7. The van der Waals surface area contributed by atoms with E-state index in [0.29, 0.717) is 35.4 Å². The summed E-state index contributed by atoms with van der Waals surface area (Å²) >= 11 is 6.98. The van der Waals surface area contributed by atoms with Crippen molar-refractivity contribution in [2.75, 3.05) is 26.7 Å². The van der Waals surface area contributed by atoms with Crippen LogP contribution in [0.1, 0.15) is 25.0 Å². The van der Waals surface area contributed by atoms with Crippen LogP contribution >= 0.6 is 23.4 Å². The third-order valence-corrected chi connectivity index (χ3v) is 6.41. The largest absolute Gasteiger partial charge is 0.495 e. The molecule has 0 unspecified atom stereocenters. The van der Waals surface area contributed by atoms with Crippen molar-refractivity contribution < 1.29 is 23.5 Å². The molecular weight excluding hydrogens is 440 g/mol. The predicted molar refractivity (Wildman–Crippen MR) is 119 cm³/mol. The Morgan fingerprint density at radius 3 is 2.68 bits per heavy atom. The lowest BCUT2D eigenvalue weighted by Gasteiger charge is -2.27. The van der Waals surface area contributed by atoms with Crippen molar-refractivity contribution in [3.05, 3.63) is 46.0 Å². The Hall–Kier alpha value is -2.71. The number of imide groups is 1. The molecule has 7 nitrogen and oxygen atoms in total. The maximum Gasteiger partial charge on any atom is 0.294 e. The van der Waals surface area contributed by atoms with Gasteiger partial charge in [0, 0.05) is 24.7 Å². The van der Waals surface area contributed by atoms with E-state index in [0.717, 1.165) is 41.5 Å². The minimum atomic E-state index is -0.481. The lowest BCUT2D eigenvalue weighted by atomic mass is 10.1. The molecule has 2 saturated heterocycles. The highest BCUT2D eigenvalue weighted by molar-refractivity contribution is 8.18. The van der Waals surface area contributed by atoms with E-state index < -0.39 is 11.1 Å². The minimum absolute atomic E-state index is 0.195. The van der Waals surface area contributed by atoms with E-state index in [2.05, 4.69) is 0 Å². The first-order chi connectivity index (χ1) is 15.0. The molecule has 3 heterocycles. The van der Waals surface area contributed by atoms with E-state index in [1.165, 1.54) is 6.08 Å². The van der Waals surface area contributed by atoms with Crippen LogP contribution in [0.3, 0.4) is 0 Å². The van der Waals surface area contributed by atoms with Gasteiger partial charge in [0.2, 0.25) is 5.91 Å². The van der Waals surface area contributed by atoms with Crippen molar-refractivity contribution in [3.8, 4) is 17.1 Å². The lowest BCUT2D eigenvalue weighted by Crippen LogP contribution is -2.44. The van der Waals surface area contributed by atoms with Gasteiger partial charge in [-0.3, -0.25) is 19.3 Å². The van der Waals surface area contributed by atoms with Gasteiger partial charge in [-0.15, -0.1) is 0 Å². The van der Waals surface area contributed by atoms with E-state index >= 15 is 0 Å². The third kappa shape index (κ3) is 4.65. The smallest absolute Gasteiger partial charge is 0.294 e. The van der Waals surface area contributed by atoms with Crippen molar-refractivity contribution in [3.63, 3.8) is 0 Å². The number of likely N-dealkylation sites (tertiary alicyclic amines) is 1. The molecule has 0 N–H and O–H groups in total. The molecule has 0 spiro atoms. The van der Waals surface area contributed by atoms with Gasteiger partial charge in [0.15, 0.2) is 0 Å². The average Bonchev–Trinajstić information content (AvgIpc) is 3.34. The summed E-state index contributed by atoms with van der Waals surface area (Å²) in [6.45, 7) is 1.13. The summed E-state index contributed by atoms with van der Waals surface area (Å²) < 4.78 is 11.0. The zero-order valence-electron chi connectivity index (χ0n) is 16.9. The Labute approximate surface area is 189 Å². The molecule has 3 amide bonds. The molecule has 0 aliphatic carbocycles. The number of carbonyl (C=O) groups excluding carboxylic acids is 3. The Balaban J connectivity index is 1.47. The second-order valence-electron chi connectivity index (χ2n) is 7.26. The van der Waals surface area contributed by atoms with Gasteiger partial charge >= 0.3 is 0 Å². The van der Waals surface area contributed by atoms with Crippen LogP contribution < -0.4 is 4.74 Å². The Bertz CT molecular complexity index is 1060. The van der Waals surface area contributed by atoms with Crippen molar-refractivity contribution in [1.29, 1.82) is 0 Å². The average molecular weight is 461 g/mol. The Kier molecular flexibility index (Phi) is 6.38. The van der Waals surface area contributed by atoms with Gasteiger partial charge in [-0.25, -0.2) is 0 Å². The van der Waals surface area contributed by atoms with Crippen LogP contribution in [-0.2, 0) is 9.59 Å². The van der Waals surface area contributed by atoms with Gasteiger partial charge in [0.1, 0.15) is 23.8 Å². The predicted octanol–water partition coefficient (Wildman–Crippen LogP) is 4.66. The van der Waals surface area contributed by atoms with Gasteiger partial charge in [0.05, 0.1) is 17.0 Å². The molecule has 4 rings (SSSR count). The summed E-state index contributed by atoms with van der Waals surface area (Å²) in [7, 11) is 1.54. The zero-order valence-corrected chi connectivity index (χ0v) is 18.5. The summed E-state index contributed by atoms with van der Waals surface area (Å²) in [5.41, 5.74) is 0.755. The third-order valence-electron chi connectivity index (χ3n) is 5.21. The number of furan rings is 1. The van der Waals surface area contributed by atoms with Gasteiger partial charge in [-0.05, 0) is 61.4 Å². The fourth-order valence-electron chi connectivity index (χ4n) is 3.55. The van der Waals surface area contributed by atoms with Gasteiger partial charge in [-0.1, -0.05) is 11.6 Å².